The SMILES string of the molecule is ClCCCCCSc1ncco1. The molecule has 1 rings (SSSR count). The van der Waals surface area contributed by atoms with E-state index in [0.29, 0.717) is 0 Å². The molecule has 0 bridgehead atoms. The summed E-state index contributed by atoms with van der Waals surface area (Å²) < 4.78 is 5.07. The number of oxazole rings is 1. The maximum Gasteiger partial charge on any atom is 0.255 e. The molecule has 4 heteroatoms. The molecule has 1 heterocycles. The Hall–Kier alpha value is -0.150. The number of alkyl halides is 1. The fraction of sp³-hybridized carbons (Fsp3) is 0.625. The summed E-state index contributed by atoms with van der Waals surface area (Å²) >= 11 is 7.20. The number of unbranched alkanes of at least 4 members (excludes halogenated alkanes) is 2. The van der Waals surface area contributed by atoms with E-state index in [1.807, 2.05) is 0 Å². The van der Waals surface area contributed by atoms with Crippen LogP contribution in [0.25, 0.3) is 0 Å². The average molecular weight is 206 g/mol. The minimum atomic E-state index is 0.765. The van der Waals surface area contributed by atoms with E-state index < -0.39 is 0 Å². The molecule has 0 saturated heterocycles. The van der Waals surface area contributed by atoms with Crippen LogP contribution in [0.15, 0.2) is 22.1 Å². The number of hydrogen-bond donors (Lipinski definition) is 0. The van der Waals surface area contributed by atoms with Gasteiger partial charge in [0.25, 0.3) is 5.22 Å². The van der Waals surface area contributed by atoms with Crippen molar-refractivity contribution in [2.24, 2.45) is 0 Å². The van der Waals surface area contributed by atoms with Gasteiger partial charge >= 0.3 is 0 Å². The van der Waals surface area contributed by atoms with Gasteiger partial charge in [0, 0.05) is 11.6 Å². The van der Waals surface area contributed by atoms with Crippen LogP contribution >= 0.6 is 23.4 Å². The number of hydrogen-bond acceptors (Lipinski definition) is 3. The molecule has 68 valence electrons. The van der Waals surface area contributed by atoms with Crippen molar-refractivity contribution < 1.29 is 4.42 Å². The van der Waals surface area contributed by atoms with E-state index in [9.17, 15) is 0 Å². The molecule has 0 aliphatic rings. The Kier molecular flexibility index (Phi) is 5.28. The Morgan fingerprint density at radius 3 is 3.00 bits per heavy atom. The molecule has 0 amide bonds. The van der Waals surface area contributed by atoms with Crippen molar-refractivity contribution in [1.29, 1.82) is 0 Å². The largest absolute Gasteiger partial charge is 0.440 e. The molecule has 1 aromatic heterocycles. The van der Waals surface area contributed by atoms with Gasteiger partial charge in [0.15, 0.2) is 0 Å². The van der Waals surface area contributed by atoms with Crippen LogP contribution in [0.3, 0.4) is 0 Å². The summed E-state index contributed by atoms with van der Waals surface area (Å²) in [5.74, 6) is 1.83. The molecular formula is C8H12ClNOS. The van der Waals surface area contributed by atoms with Gasteiger partial charge in [0.2, 0.25) is 0 Å². The summed E-state index contributed by atoms with van der Waals surface area (Å²) in [6.45, 7) is 0. The molecule has 1 aromatic rings. The Bertz CT molecular complexity index is 191. The normalized spacial score (nSPS) is 10.4. The second-order valence-electron chi connectivity index (χ2n) is 2.40. The lowest BCUT2D eigenvalue weighted by Gasteiger charge is -1.95. The third kappa shape index (κ3) is 4.02. The van der Waals surface area contributed by atoms with Crippen LogP contribution in [0, 0.1) is 0 Å². The van der Waals surface area contributed by atoms with Crippen LogP contribution in [0.4, 0.5) is 0 Å². The molecule has 0 aromatic carbocycles. The minimum absolute atomic E-state index is 0.765. The van der Waals surface area contributed by atoms with Crippen molar-refractivity contribution >= 4 is 23.4 Å². The predicted octanol–water partition coefficient (Wildman–Crippen LogP) is 3.18. The third-order valence-electron chi connectivity index (χ3n) is 1.41. The van der Waals surface area contributed by atoms with Gasteiger partial charge < -0.3 is 4.42 Å². The van der Waals surface area contributed by atoms with E-state index in [1.54, 1.807) is 24.2 Å². The zero-order valence-electron chi connectivity index (χ0n) is 6.83. The van der Waals surface area contributed by atoms with Crippen LogP contribution in [-0.2, 0) is 0 Å². The smallest absolute Gasteiger partial charge is 0.255 e. The van der Waals surface area contributed by atoms with E-state index in [4.69, 9.17) is 16.0 Å². The maximum absolute atomic E-state index is 5.54. The highest BCUT2D eigenvalue weighted by Gasteiger charge is 1.96. The highest BCUT2D eigenvalue weighted by atomic mass is 35.5. The topological polar surface area (TPSA) is 26.0 Å². The molecule has 0 N–H and O–H groups in total. The summed E-state index contributed by atoms with van der Waals surface area (Å²) in [6, 6.07) is 0. The van der Waals surface area contributed by atoms with Crippen molar-refractivity contribution in [3.8, 4) is 0 Å². The molecule has 2 nitrogen and oxygen atoms in total. The lowest BCUT2D eigenvalue weighted by Crippen LogP contribution is -1.82. The Morgan fingerprint density at radius 1 is 1.42 bits per heavy atom. The molecule has 0 spiro atoms. The Morgan fingerprint density at radius 2 is 2.33 bits per heavy atom. The van der Waals surface area contributed by atoms with Crippen molar-refractivity contribution in [1.82, 2.24) is 4.98 Å². The predicted molar refractivity (Wildman–Crippen MR) is 51.8 cm³/mol. The Labute approximate surface area is 81.7 Å². The van der Waals surface area contributed by atoms with Crippen molar-refractivity contribution in [2.75, 3.05) is 11.6 Å². The quantitative estimate of drug-likeness (QED) is 0.405. The fourth-order valence-corrected chi connectivity index (χ4v) is 1.79. The molecule has 0 fully saturated rings. The Balaban J connectivity index is 1.96. The molecule has 0 saturated carbocycles. The summed E-state index contributed by atoms with van der Waals surface area (Å²) in [6.07, 6.45) is 6.74. The molecule has 0 unspecified atom stereocenters. The molecular weight excluding hydrogens is 194 g/mol. The third-order valence-corrected chi connectivity index (χ3v) is 2.62. The van der Waals surface area contributed by atoms with E-state index in [2.05, 4.69) is 4.98 Å². The van der Waals surface area contributed by atoms with E-state index in [0.717, 1.165) is 23.3 Å². The number of rotatable bonds is 6. The lowest BCUT2D eigenvalue weighted by molar-refractivity contribution is 0.454. The van der Waals surface area contributed by atoms with Crippen LogP contribution in [0.5, 0.6) is 0 Å². The zero-order chi connectivity index (χ0) is 8.65. The number of aromatic nitrogens is 1. The van der Waals surface area contributed by atoms with Crippen LogP contribution in [0.2, 0.25) is 0 Å². The van der Waals surface area contributed by atoms with E-state index in [-0.39, 0.29) is 0 Å². The number of halogens is 1. The van der Waals surface area contributed by atoms with Crippen molar-refractivity contribution in [2.45, 2.75) is 24.5 Å². The first-order valence-electron chi connectivity index (χ1n) is 4.02. The molecule has 12 heavy (non-hydrogen) atoms. The molecule has 0 aliphatic heterocycles. The van der Waals surface area contributed by atoms with E-state index in [1.165, 1.54) is 12.8 Å². The van der Waals surface area contributed by atoms with Gasteiger partial charge in [-0.25, -0.2) is 4.98 Å². The molecule has 0 aliphatic carbocycles. The molecule has 0 atom stereocenters. The second-order valence-corrected chi connectivity index (χ2v) is 3.82. The first-order chi connectivity index (χ1) is 5.93. The van der Waals surface area contributed by atoms with Gasteiger partial charge in [-0.15, -0.1) is 11.6 Å². The number of nitrogens with zero attached hydrogens (tertiary/aromatic N) is 1. The first-order valence-corrected chi connectivity index (χ1v) is 5.54. The first kappa shape index (κ1) is 9.93. The maximum atomic E-state index is 5.54. The van der Waals surface area contributed by atoms with Crippen molar-refractivity contribution in [3.05, 3.63) is 12.5 Å². The number of thioether (sulfide) groups is 1. The standard InChI is InChI=1S/C8H12ClNOS/c9-4-2-1-3-7-12-8-10-5-6-11-8/h5-6H,1-4,7H2. The minimum Gasteiger partial charge on any atom is -0.440 e. The van der Waals surface area contributed by atoms with Gasteiger partial charge in [-0.05, 0) is 12.8 Å². The summed E-state index contributed by atoms with van der Waals surface area (Å²) in [4.78, 5) is 4.00. The highest BCUT2D eigenvalue weighted by Crippen LogP contribution is 2.16. The second kappa shape index (κ2) is 6.38. The van der Waals surface area contributed by atoms with Crippen LogP contribution in [0.1, 0.15) is 19.3 Å². The monoisotopic (exact) mass is 205 g/mol. The van der Waals surface area contributed by atoms with Gasteiger partial charge in [0.1, 0.15) is 6.26 Å². The highest BCUT2D eigenvalue weighted by molar-refractivity contribution is 7.99. The average Bonchev–Trinajstić information content (AvgIpc) is 2.57. The zero-order valence-corrected chi connectivity index (χ0v) is 8.40. The van der Waals surface area contributed by atoms with Crippen LogP contribution in [-0.4, -0.2) is 16.6 Å². The van der Waals surface area contributed by atoms with E-state index >= 15 is 0 Å². The van der Waals surface area contributed by atoms with Gasteiger partial charge in [-0.1, -0.05) is 18.2 Å². The summed E-state index contributed by atoms with van der Waals surface area (Å²) in [7, 11) is 0. The lowest BCUT2D eigenvalue weighted by atomic mass is 10.3. The summed E-state index contributed by atoms with van der Waals surface area (Å²) in [5.41, 5.74) is 0. The van der Waals surface area contributed by atoms with Crippen molar-refractivity contribution in [3.63, 3.8) is 0 Å². The fourth-order valence-electron chi connectivity index (χ4n) is 0.814. The van der Waals surface area contributed by atoms with Gasteiger partial charge in [-0.3, -0.25) is 0 Å². The van der Waals surface area contributed by atoms with Crippen LogP contribution < -0.4 is 0 Å². The summed E-state index contributed by atoms with van der Waals surface area (Å²) in [5, 5.41) is 0.765. The van der Waals surface area contributed by atoms with Gasteiger partial charge in [-0.2, -0.15) is 0 Å². The van der Waals surface area contributed by atoms with Gasteiger partial charge in [0.05, 0.1) is 6.20 Å². The molecule has 0 radical (unpaired) electrons.